The zero-order chi connectivity index (χ0) is 36.4. The third kappa shape index (κ3) is 4.77. The minimum atomic E-state index is 0.00130. The molecule has 12 rings (SSSR count). The molecule has 0 aromatic heterocycles. The van der Waals surface area contributed by atoms with Crippen LogP contribution in [0.3, 0.4) is 0 Å². The summed E-state index contributed by atoms with van der Waals surface area (Å²) in [4.78, 5) is 2.49. The molecule has 0 atom stereocenters. The highest BCUT2D eigenvalue weighted by atomic mass is 16.5. The predicted octanol–water partition coefficient (Wildman–Crippen LogP) is 14.2. The van der Waals surface area contributed by atoms with Crippen LogP contribution < -0.4 is 9.64 Å². The predicted molar refractivity (Wildman–Crippen MR) is 224 cm³/mol. The monoisotopic (exact) mass is 705 g/mol. The average Bonchev–Trinajstić information content (AvgIpc) is 3.18. The fourth-order valence-electron chi connectivity index (χ4n) is 12.4. The van der Waals surface area contributed by atoms with E-state index in [0.717, 1.165) is 23.3 Å². The lowest BCUT2D eigenvalue weighted by atomic mass is 9.42. The second-order valence-corrected chi connectivity index (χ2v) is 18.9. The molecule has 6 aromatic rings. The molecule has 270 valence electrons. The van der Waals surface area contributed by atoms with Gasteiger partial charge in [0, 0.05) is 33.6 Å². The van der Waals surface area contributed by atoms with Gasteiger partial charge in [-0.3, -0.25) is 0 Å². The molecule has 1 heterocycles. The van der Waals surface area contributed by atoms with E-state index in [1.165, 1.54) is 106 Å². The number of hydrogen-bond donors (Lipinski definition) is 0. The second kappa shape index (κ2) is 11.6. The Labute approximate surface area is 321 Å². The summed E-state index contributed by atoms with van der Waals surface area (Å²) < 4.78 is 6.83. The minimum Gasteiger partial charge on any atom is -0.457 e. The molecule has 54 heavy (non-hydrogen) atoms. The normalized spacial score (nSPS) is 26.5. The van der Waals surface area contributed by atoms with E-state index >= 15 is 0 Å². The number of hydrogen-bond acceptors (Lipinski definition) is 2. The van der Waals surface area contributed by atoms with Crippen LogP contribution in [0.5, 0.6) is 11.5 Å². The summed E-state index contributed by atoms with van der Waals surface area (Å²) in [5.41, 5.74) is 12.4. The Kier molecular flexibility index (Phi) is 7.00. The summed E-state index contributed by atoms with van der Waals surface area (Å²) in [6.07, 6.45) is 9.28. The fraction of sp³-hybridized carbons (Fsp3) is 0.346. The number of para-hydroxylation sites is 1. The summed E-state index contributed by atoms with van der Waals surface area (Å²) in [5.74, 6) is 5.22. The van der Waals surface area contributed by atoms with Crippen molar-refractivity contribution in [2.75, 3.05) is 4.90 Å². The summed E-state index contributed by atoms with van der Waals surface area (Å²) in [6.45, 7) is 9.66. The van der Waals surface area contributed by atoms with Crippen molar-refractivity contribution < 1.29 is 4.74 Å². The molecule has 4 bridgehead atoms. The molecule has 2 nitrogen and oxygen atoms in total. The maximum Gasteiger partial charge on any atom is 0.131 e. The highest BCUT2D eigenvalue weighted by Crippen LogP contribution is 2.69. The summed E-state index contributed by atoms with van der Waals surface area (Å²) in [7, 11) is 0. The van der Waals surface area contributed by atoms with Crippen molar-refractivity contribution in [2.45, 2.75) is 88.9 Å². The van der Waals surface area contributed by atoms with Gasteiger partial charge in [-0.25, -0.2) is 0 Å². The van der Waals surface area contributed by atoms with Gasteiger partial charge in [0.15, 0.2) is 0 Å². The van der Waals surface area contributed by atoms with Gasteiger partial charge in [-0.2, -0.15) is 0 Å². The van der Waals surface area contributed by atoms with Crippen LogP contribution in [0, 0.1) is 23.7 Å². The van der Waals surface area contributed by atoms with Crippen LogP contribution in [0.2, 0.25) is 0 Å². The molecule has 4 saturated carbocycles. The lowest BCUT2D eigenvalue weighted by molar-refractivity contribution is -0.0452. The van der Waals surface area contributed by atoms with Gasteiger partial charge in [0.1, 0.15) is 11.5 Å². The lowest BCUT2D eigenvalue weighted by Gasteiger charge is -2.63. The van der Waals surface area contributed by atoms with Gasteiger partial charge in [-0.15, -0.1) is 0 Å². The van der Waals surface area contributed by atoms with Crippen molar-refractivity contribution in [1.29, 1.82) is 0 Å². The van der Waals surface area contributed by atoms with Crippen molar-refractivity contribution in [3.8, 4) is 22.6 Å². The van der Waals surface area contributed by atoms with Gasteiger partial charge in [-0.1, -0.05) is 107 Å². The van der Waals surface area contributed by atoms with Crippen molar-refractivity contribution in [3.63, 3.8) is 0 Å². The van der Waals surface area contributed by atoms with Crippen LogP contribution in [0.25, 0.3) is 21.9 Å². The Hall–Kier alpha value is -4.82. The van der Waals surface area contributed by atoms with Crippen LogP contribution in [0.1, 0.15) is 94.9 Å². The summed E-state index contributed by atoms with van der Waals surface area (Å²) in [5, 5.41) is 2.52. The van der Waals surface area contributed by atoms with Crippen molar-refractivity contribution in [2.24, 2.45) is 23.7 Å². The molecule has 0 amide bonds. The van der Waals surface area contributed by atoms with Gasteiger partial charge in [0.25, 0.3) is 0 Å². The first-order valence-electron chi connectivity index (χ1n) is 20.6. The van der Waals surface area contributed by atoms with Gasteiger partial charge in [-0.05, 0) is 161 Å². The maximum atomic E-state index is 6.83. The Morgan fingerprint density at radius 2 is 1.06 bits per heavy atom. The highest BCUT2D eigenvalue weighted by molar-refractivity contribution is 5.90. The van der Waals surface area contributed by atoms with E-state index in [2.05, 4.69) is 160 Å². The van der Waals surface area contributed by atoms with E-state index in [9.17, 15) is 0 Å². The van der Waals surface area contributed by atoms with E-state index in [-0.39, 0.29) is 16.2 Å². The largest absolute Gasteiger partial charge is 0.457 e. The first-order valence-corrected chi connectivity index (χ1v) is 20.6. The first-order chi connectivity index (χ1) is 26.2. The Morgan fingerprint density at radius 3 is 1.81 bits per heavy atom. The SMILES string of the molecule is CC1(C)CCC(C)(C)c2cc(-c3ccc(N(c4ccc5c(c4)C4(c6ccccc6O5)C5CC6CC(C5)CC4C6)c4ccc5ccccc5c4)cc3)ccc21. The number of benzene rings is 6. The molecular formula is C52H51NO. The zero-order valence-electron chi connectivity index (χ0n) is 32.2. The van der Waals surface area contributed by atoms with E-state index < -0.39 is 0 Å². The van der Waals surface area contributed by atoms with Crippen molar-refractivity contribution in [1.82, 2.24) is 0 Å². The van der Waals surface area contributed by atoms with Crippen molar-refractivity contribution >= 4 is 27.8 Å². The quantitative estimate of drug-likeness (QED) is 0.181. The number of nitrogens with zero attached hydrogens (tertiary/aromatic N) is 1. The van der Waals surface area contributed by atoms with Gasteiger partial charge in [0.05, 0.1) is 0 Å². The molecule has 0 unspecified atom stereocenters. The summed E-state index contributed by atoms with van der Waals surface area (Å²) >= 11 is 0. The minimum absolute atomic E-state index is 0.00130. The molecule has 4 fully saturated rings. The van der Waals surface area contributed by atoms with E-state index in [4.69, 9.17) is 4.74 Å². The number of ether oxygens (including phenoxy) is 1. The molecule has 1 spiro atoms. The number of fused-ring (bicyclic) bond motifs is 4. The molecule has 5 aliphatic carbocycles. The van der Waals surface area contributed by atoms with Gasteiger partial charge < -0.3 is 9.64 Å². The fourth-order valence-corrected chi connectivity index (χ4v) is 12.4. The average molecular weight is 706 g/mol. The third-order valence-corrected chi connectivity index (χ3v) is 14.9. The molecular weight excluding hydrogens is 655 g/mol. The molecule has 2 heteroatoms. The van der Waals surface area contributed by atoms with Crippen LogP contribution in [0.15, 0.2) is 127 Å². The standard InChI is InChI=1S/C52H51NO/c1-50(2)23-24-51(3,4)46-31-38(16-21-44(46)50)36-13-17-41(18-14-36)53(42-19-15-35-9-5-6-10-37(35)30-42)43-20-22-49-47(32-43)52(45-11-7-8-12-48(45)54-49)39-26-33-25-34(28-39)29-40(52)27-33/h5-22,30-34,39-40H,23-29H2,1-4H3. The summed E-state index contributed by atoms with van der Waals surface area (Å²) in [6, 6.07) is 48.4. The van der Waals surface area contributed by atoms with E-state index in [1.54, 1.807) is 0 Å². The van der Waals surface area contributed by atoms with Crippen molar-refractivity contribution in [3.05, 3.63) is 150 Å². The highest BCUT2D eigenvalue weighted by Gasteiger charge is 2.61. The van der Waals surface area contributed by atoms with E-state index in [1.807, 2.05) is 0 Å². The van der Waals surface area contributed by atoms with Gasteiger partial charge in [0.2, 0.25) is 0 Å². The van der Waals surface area contributed by atoms with Crippen LogP contribution in [-0.4, -0.2) is 0 Å². The Balaban J connectivity index is 1.05. The Morgan fingerprint density at radius 1 is 0.463 bits per heavy atom. The third-order valence-electron chi connectivity index (χ3n) is 14.9. The van der Waals surface area contributed by atoms with Crippen LogP contribution in [0.4, 0.5) is 17.1 Å². The molecule has 0 N–H and O–H groups in total. The van der Waals surface area contributed by atoms with Crippen LogP contribution >= 0.6 is 0 Å². The van der Waals surface area contributed by atoms with Gasteiger partial charge >= 0.3 is 0 Å². The molecule has 6 aliphatic rings. The molecule has 1 aliphatic heterocycles. The van der Waals surface area contributed by atoms with Crippen LogP contribution in [-0.2, 0) is 16.2 Å². The smallest absolute Gasteiger partial charge is 0.131 e. The zero-order valence-corrected chi connectivity index (χ0v) is 32.2. The number of rotatable bonds is 4. The van der Waals surface area contributed by atoms with E-state index in [0.29, 0.717) is 11.8 Å². The molecule has 0 radical (unpaired) electrons. The first kappa shape index (κ1) is 32.6. The molecule has 0 saturated heterocycles. The lowest BCUT2D eigenvalue weighted by Crippen LogP contribution is -2.57. The maximum absolute atomic E-state index is 6.83. The number of anilines is 3. The topological polar surface area (TPSA) is 12.5 Å². The second-order valence-electron chi connectivity index (χ2n) is 18.9. The Bertz CT molecular complexity index is 2420. The molecule has 6 aromatic carbocycles.